The van der Waals surface area contributed by atoms with Gasteiger partial charge < -0.3 is 15.7 Å². The number of aromatic nitrogens is 1. The molecule has 0 radical (unpaired) electrons. The second-order valence-electron chi connectivity index (χ2n) is 4.69. The van der Waals surface area contributed by atoms with Gasteiger partial charge in [0, 0.05) is 12.6 Å². The first-order valence-corrected chi connectivity index (χ1v) is 6.40. The van der Waals surface area contributed by atoms with Crippen LogP contribution in [-0.2, 0) is 0 Å². The summed E-state index contributed by atoms with van der Waals surface area (Å²) in [6.07, 6.45) is 4.45. The molecule has 0 spiro atoms. The van der Waals surface area contributed by atoms with E-state index in [0.717, 1.165) is 32.2 Å². The van der Waals surface area contributed by atoms with E-state index in [-0.39, 0.29) is 5.69 Å². The maximum atomic E-state index is 11.0. The molecule has 98 valence electrons. The van der Waals surface area contributed by atoms with Crippen LogP contribution in [0.5, 0.6) is 0 Å². The SMILES string of the molecule is CCCCN(c1nc(C(=O)O)ccc1N)C1CC1. The molecule has 1 aromatic heterocycles. The van der Waals surface area contributed by atoms with Gasteiger partial charge in [0.1, 0.15) is 0 Å². The number of nitrogen functional groups attached to an aromatic ring is 1. The van der Waals surface area contributed by atoms with E-state index in [2.05, 4.69) is 16.8 Å². The van der Waals surface area contributed by atoms with E-state index in [0.29, 0.717) is 17.5 Å². The molecule has 0 unspecified atom stereocenters. The molecule has 0 saturated heterocycles. The Morgan fingerprint density at radius 3 is 2.83 bits per heavy atom. The normalized spacial score (nSPS) is 14.5. The molecule has 0 aliphatic heterocycles. The van der Waals surface area contributed by atoms with Crippen LogP contribution in [0.2, 0.25) is 0 Å². The Kier molecular flexibility index (Phi) is 3.69. The maximum Gasteiger partial charge on any atom is 0.354 e. The lowest BCUT2D eigenvalue weighted by Crippen LogP contribution is -2.29. The van der Waals surface area contributed by atoms with Gasteiger partial charge in [0.05, 0.1) is 5.69 Å². The molecule has 0 amide bonds. The lowest BCUT2D eigenvalue weighted by atomic mass is 10.2. The first kappa shape index (κ1) is 12.7. The van der Waals surface area contributed by atoms with Crippen molar-refractivity contribution in [1.82, 2.24) is 4.98 Å². The van der Waals surface area contributed by atoms with Crippen LogP contribution in [0.1, 0.15) is 43.1 Å². The summed E-state index contributed by atoms with van der Waals surface area (Å²) in [6, 6.07) is 3.56. The molecule has 0 aromatic carbocycles. The van der Waals surface area contributed by atoms with E-state index in [1.54, 1.807) is 6.07 Å². The molecular weight excluding hydrogens is 230 g/mol. The standard InChI is InChI=1S/C13H19N3O2/c1-2-3-8-16(9-4-5-9)12-10(14)6-7-11(15-12)13(17)18/h6-7,9H,2-5,8,14H2,1H3,(H,17,18). The smallest absolute Gasteiger partial charge is 0.354 e. The zero-order valence-corrected chi connectivity index (χ0v) is 10.6. The fraction of sp³-hybridized carbons (Fsp3) is 0.538. The molecule has 1 aromatic rings. The van der Waals surface area contributed by atoms with Crippen molar-refractivity contribution in [3.8, 4) is 0 Å². The van der Waals surface area contributed by atoms with Crippen molar-refractivity contribution in [3.63, 3.8) is 0 Å². The molecule has 18 heavy (non-hydrogen) atoms. The molecule has 1 aliphatic rings. The van der Waals surface area contributed by atoms with Gasteiger partial charge in [-0.15, -0.1) is 0 Å². The molecule has 1 aliphatic carbocycles. The molecule has 2 rings (SSSR count). The van der Waals surface area contributed by atoms with Gasteiger partial charge in [-0.2, -0.15) is 0 Å². The second kappa shape index (κ2) is 5.25. The summed E-state index contributed by atoms with van der Waals surface area (Å²) in [4.78, 5) is 17.3. The predicted octanol–water partition coefficient (Wildman–Crippen LogP) is 2.13. The van der Waals surface area contributed by atoms with E-state index in [9.17, 15) is 4.79 Å². The van der Waals surface area contributed by atoms with E-state index in [1.807, 2.05) is 0 Å². The predicted molar refractivity (Wildman–Crippen MR) is 70.9 cm³/mol. The Labute approximate surface area is 107 Å². The number of unbranched alkanes of at least 4 members (excludes halogenated alkanes) is 1. The Hall–Kier alpha value is -1.78. The van der Waals surface area contributed by atoms with Crippen molar-refractivity contribution in [3.05, 3.63) is 17.8 Å². The van der Waals surface area contributed by atoms with Gasteiger partial charge in [0.2, 0.25) is 0 Å². The van der Waals surface area contributed by atoms with Crippen molar-refractivity contribution >= 4 is 17.5 Å². The van der Waals surface area contributed by atoms with E-state index >= 15 is 0 Å². The number of nitrogens with zero attached hydrogens (tertiary/aromatic N) is 2. The molecule has 5 nitrogen and oxygen atoms in total. The summed E-state index contributed by atoms with van der Waals surface area (Å²) in [7, 11) is 0. The van der Waals surface area contributed by atoms with Crippen LogP contribution in [-0.4, -0.2) is 28.6 Å². The highest BCUT2D eigenvalue weighted by Crippen LogP contribution is 2.33. The number of carbonyl (C=O) groups is 1. The fourth-order valence-corrected chi connectivity index (χ4v) is 1.98. The average Bonchev–Trinajstić information content (AvgIpc) is 3.15. The molecule has 1 heterocycles. The largest absolute Gasteiger partial charge is 0.477 e. The summed E-state index contributed by atoms with van der Waals surface area (Å²) in [6.45, 7) is 3.02. The third kappa shape index (κ3) is 2.72. The first-order valence-electron chi connectivity index (χ1n) is 6.40. The van der Waals surface area contributed by atoms with Gasteiger partial charge in [-0.05, 0) is 31.4 Å². The van der Waals surface area contributed by atoms with Gasteiger partial charge in [-0.3, -0.25) is 0 Å². The Morgan fingerprint density at radius 2 is 2.28 bits per heavy atom. The Balaban J connectivity index is 2.27. The van der Waals surface area contributed by atoms with Crippen molar-refractivity contribution in [2.45, 2.75) is 38.6 Å². The Morgan fingerprint density at radius 1 is 1.56 bits per heavy atom. The average molecular weight is 249 g/mol. The molecule has 1 fully saturated rings. The number of aromatic carboxylic acids is 1. The highest BCUT2D eigenvalue weighted by atomic mass is 16.4. The summed E-state index contributed by atoms with van der Waals surface area (Å²) < 4.78 is 0. The van der Waals surface area contributed by atoms with Crippen molar-refractivity contribution in [1.29, 1.82) is 0 Å². The minimum absolute atomic E-state index is 0.0568. The number of pyridine rings is 1. The number of nitrogens with two attached hydrogens (primary N) is 1. The number of carboxylic acid groups (broad SMARTS) is 1. The summed E-state index contributed by atoms with van der Waals surface area (Å²) in [5.74, 6) is -0.381. The lowest BCUT2D eigenvalue weighted by Gasteiger charge is -2.24. The molecule has 5 heteroatoms. The van der Waals surface area contributed by atoms with Gasteiger partial charge in [0.15, 0.2) is 11.5 Å². The van der Waals surface area contributed by atoms with Crippen molar-refractivity contribution in [2.24, 2.45) is 0 Å². The zero-order chi connectivity index (χ0) is 13.1. The maximum absolute atomic E-state index is 11.0. The summed E-state index contributed by atoms with van der Waals surface area (Å²) in [5, 5.41) is 8.99. The van der Waals surface area contributed by atoms with Crippen LogP contribution in [0.4, 0.5) is 11.5 Å². The topological polar surface area (TPSA) is 79.5 Å². The van der Waals surface area contributed by atoms with Crippen LogP contribution in [0.25, 0.3) is 0 Å². The monoisotopic (exact) mass is 249 g/mol. The number of hydrogen-bond donors (Lipinski definition) is 2. The molecule has 3 N–H and O–H groups in total. The van der Waals surface area contributed by atoms with Crippen molar-refractivity contribution in [2.75, 3.05) is 17.2 Å². The minimum Gasteiger partial charge on any atom is -0.477 e. The van der Waals surface area contributed by atoms with Gasteiger partial charge >= 0.3 is 5.97 Å². The van der Waals surface area contributed by atoms with Crippen LogP contribution in [0.15, 0.2) is 12.1 Å². The quantitative estimate of drug-likeness (QED) is 0.807. The molecule has 1 saturated carbocycles. The zero-order valence-electron chi connectivity index (χ0n) is 10.6. The van der Waals surface area contributed by atoms with Crippen LogP contribution in [0.3, 0.4) is 0 Å². The fourth-order valence-electron chi connectivity index (χ4n) is 1.98. The number of rotatable bonds is 6. The van der Waals surface area contributed by atoms with Gasteiger partial charge in [0.25, 0.3) is 0 Å². The highest BCUT2D eigenvalue weighted by Gasteiger charge is 2.31. The molecule has 0 bridgehead atoms. The van der Waals surface area contributed by atoms with E-state index in [1.165, 1.54) is 6.07 Å². The van der Waals surface area contributed by atoms with Crippen LogP contribution < -0.4 is 10.6 Å². The Bertz CT molecular complexity index is 444. The number of anilines is 2. The van der Waals surface area contributed by atoms with Crippen LogP contribution >= 0.6 is 0 Å². The molecular formula is C13H19N3O2. The van der Waals surface area contributed by atoms with Gasteiger partial charge in [-0.1, -0.05) is 13.3 Å². The summed E-state index contributed by atoms with van der Waals surface area (Å²) in [5.41, 5.74) is 6.55. The number of carboxylic acids is 1. The van der Waals surface area contributed by atoms with Crippen LogP contribution in [0, 0.1) is 0 Å². The van der Waals surface area contributed by atoms with E-state index < -0.39 is 5.97 Å². The van der Waals surface area contributed by atoms with E-state index in [4.69, 9.17) is 10.8 Å². The minimum atomic E-state index is -1.01. The third-order valence-corrected chi connectivity index (χ3v) is 3.14. The van der Waals surface area contributed by atoms with Crippen molar-refractivity contribution < 1.29 is 9.90 Å². The highest BCUT2D eigenvalue weighted by molar-refractivity contribution is 5.87. The number of hydrogen-bond acceptors (Lipinski definition) is 4. The first-order chi connectivity index (χ1) is 8.63. The molecule has 0 atom stereocenters. The third-order valence-electron chi connectivity index (χ3n) is 3.14. The van der Waals surface area contributed by atoms with Gasteiger partial charge in [-0.25, -0.2) is 9.78 Å². The summed E-state index contributed by atoms with van der Waals surface area (Å²) >= 11 is 0. The second-order valence-corrected chi connectivity index (χ2v) is 4.69. The lowest BCUT2D eigenvalue weighted by molar-refractivity contribution is 0.0690.